The van der Waals surface area contributed by atoms with E-state index in [-0.39, 0.29) is 12.5 Å². The van der Waals surface area contributed by atoms with Crippen molar-refractivity contribution in [3.63, 3.8) is 0 Å². The minimum absolute atomic E-state index is 0.0746. The van der Waals surface area contributed by atoms with Crippen molar-refractivity contribution in [1.82, 2.24) is 15.5 Å². The van der Waals surface area contributed by atoms with Crippen LogP contribution in [0.4, 0.5) is 0 Å². The van der Waals surface area contributed by atoms with Crippen LogP contribution in [0.15, 0.2) is 0 Å². The highest BCUT2D eigenvalue weighted by atomic mass is 16.4. The number of aromatic amines is 1. The number of carbonyl (C=O) groups is 2. The van der Waals surface area contributed by atoms with E-state index in [0.29, 0.717) is 17.0 Å². The molecular formula is C11H17N3O3. The molecule has 6 heteroatoms. The summed E-state index contributed by atoms with van der Waals surface area (Å²) in [7, 11) is 0. The Labute approximate surface area is 99.4 Å². The minimum atomic E-state index is -0.985. The highest BCUT2D eigenvalue weighted by molar-refractivity contribution is 5.96. The molecule has 0 saturated heterocycles. The fraction of sp³-hybridized carbons (Fsp3) is 0.545. The maximum Gasteiger partial charge on any atom is 0.310 e. The van der Waals surface area contributed by atoms with Gasteiger partial charge in [0.2, 0.25) is 0 Å². The van der Waals surface area contributed by atoms with Crippen molar-refractivity contribution in [3.05, 3.63) is 17.0 Å². The molecule has 0 atom stereocenters. The van der Waals surface area contributed by atoms with Gasteiger partial charge in [0.05, 0.1) is 16.7 Å². The number of aromatic nitrogens is 2. The van der Waals surface area contributed by atoms with Crippen molar-refractivity contribution in [2.75, 3.05) is 6.54 Å². The first-order valence-electron chi connectivity index (χ1n) is 5.29. The second-order valence-electron chi connectivity index (χ2n) is 4.68. The molecule has 17 heavy (non-hydrogen) atoms. The van der Waals surface area contributed by atoms with Crippen molar-refractivity contribution in [1.29, 1.82) is 0 Å². The van der Waals surface area contributed by atoms with Crippen LogP contribution in [-0.4, -0.2) is 33.7 Å². The SMILES string of the molecule is Cc1n[nH]c(C)c1C(=O)NCC(C)(C)C(=O)O. The third kappa shape index (κ3) is 2.83. The zero-order chi connectivity index (χ0) is 13.2. The van der Waals surface area contributed by atoms with E-state index in [4.69, 9.17) is 5.11 Å². The molecular weight excluding hydrogens is 222 g/mol. The van der Waals surface area contributed by atoms with E-state index in [0.717, 1.165) is 0 Å². The van der Waals surface area contributed by atoms with Gasteiger partial charge in [-0.05, 0) is 27.7 Å². The van der Waals surface area contributed by atoms with Gasteiger partial charge in [-0.3, -0.25) is 14.7 Å². The lowest BCUT2D eigenvalue weighted by Gasteiger charge is -2.19. The van der Waals surface area contributed by atoms with Gasteiger partial charge in [-0.25, -0.2) is 0 Å². The Kier molecular flexibility index (Phi) is 3.55. The molecule has 0 bridgehead atoms. The van der Waals surface area contributed by atoms with Crippen LogP contribution >= 0.6 is 0 Å². The summed E-state index contributed by atoms with van der Waals surface area (Å²) in [6.07, 6.45) is 0. The molecule has 6 nitrogen and oxygen atoms in total. The molecule has 0 saturated carbocycles. The first-order chi connectivity index (χ1) is 7.75. The van der Waals surface area contributed by atoms with Crippen LogP contribution in [0.1, 0.15) is 35.6 Å². The van der Waals surface area contributed by atoms with Gasteiger partial charge in [-0.15, -0.1) is 0 Å². The normalized spacial score (nSPS) is 11.3. The van der Waals surface area contributed by atoms with E-state index >= 15 is 0 Å². The number of hydrogen-bond acceptors (Lipinski definition) is 3. The number of carboxylic acids is 1. The first-order valence-corrected chi connectivity index (χ1v) is 5.29. The average Bonchev–Trinajstić information content (AvgIpc) is 2.55. The third-order valence-electron chi connectivity index (χ3n) is 2.63. The first kappa shape index (κ1) is 13.2. The molecule has 1 aromatic heterocycles. The Morgan fingerprint density at radius 2 is 2.00 bits per heavy atom. The van der Waals surface area contributed by atoms with Crippen LogP contribution in [-0.2, 0) is 4.79 Å². The van der Waals surface area contributed by atoms with Crippen LogP contribution in [0, 0.1) is 19.3 Å². The van der Waals surface area contributed by atoms with E-state index in [2.05, 4.69) is 15.5 Å². The molecule has 1 heterocycles. The lowest BCUT2D eigenvalue weighted by Crippen LogP contribution is -2.39. The maximum absolute atomic E-state index is 11.9. The molecule has 3 N–H and O–H groups in total. The van der Waals surface area contributed by atoms with Crippen LogP contribution in [0.25, 0.3) is 0 Å². The van der Waals surface area contributed by atoms with Gasteiger partial charge < -0.3 is 10.4 Å². The molecule has 1 amide bonds. The summed E-state index contributed by atoms with van der Waals surface area (Å²) in [6, 6.07) is 0. The molecule has 0 aliphatic rings. The van der Waals surface area contributed by atoms with E-state index in [9.17, 15) is 9.59 Å². The Hall–Kier alpha value is -1.85. The molecule has 0 aliphatic carbocycles. The fourth-order valence-electron chi connectivity index (χ4n) is 1.35. The quantitative estimate of drug-likeness (QED) is 0.726. The molecule has 0 unspecified atom stereocenters. The second-order valence-corrected chi connectivity index (χ2v) is 4.68. The lowest BCUT2D eigenvalue weighted by molar-refractivity contribution is -0.146. The summed E-state index contributed by atoms with van der Waals surface area (Å²) in [6.45, 7) is 6.67. The number of nitrogens with zero attached hydrogens (tertiary/aromatic N) is 1. The third-order valence-corrected chi connectivity index (χ3v) is 2.63. The number of H-pyrrole nitrogens is 1. The van der Waals surface area contributed by atoms with Gasteiger partial charge in [-0.2, -0.15) is 5.10 Å². The summed E-state index contributed by atoms with van der Waals surface area (Å²) in [5.41, 5.74) is 0.772. The van der Waals surface area contributed by atoms with Crippen LogP contribution in [0.2, 0.25) is 0 Å². The molecule has 0 radical (unpaired) electrons. The van der Waals surface area contributed by atoms with Crippen molar-refractivity contribution >= 4 is 11.9 Å². The Morgan fingerprint density at radius 3 is 2.41 bits per heavy atom. The Bertz CT molecular complexity index is 429. The van der Waals surface area contributed by atoms with Crippen molar-refractivity contribution in [2.24, 2.45) is 5.41 Å². The average molecular weight is 239 g/mol. The highest BCUT2D eigenvalue weighted by Crippen LogP contribution is 2.14. The summed E-state index contributed by atoms with van der Waals surface area (Å²) in [4.78, 5) is 22.7. The smallest absolute Gasteiger partial charge is 0.310 e. The summed E-state index contributed by atoms with van der Waals surface area (Å²) >= 11 is 0. The van der Waals surface area contributed by atoms with Gasteiger partial charge in [0.15, 0.2) is 0 Å². The lowest BCUT2D eigenvalue weighted by atomic mass is 9.94. The predicted octanol–water partition coefficient (Wildman–Crippen LogP) is 0.867. The van der Waals surface area contributed by atoms with Crippen LogP contribution in [0.5, 0.6) is 0 Å². The van der Waals surface area contributed by atoms with Crippen molar-refractivity contribution in [2.45, 2.75) is 27.7 Å². The van der Waals surface area contributed by atoms with Crippen molar-refractivity contribution in [3.8, 4) is 0 Å². The largest absolute Gasteiger partial charge is 0.481 e. The summed E-state index contributed by atoms with van der Waals surface area (Å²) in [5, 5.41) is 18.2. The van der Waals surface area contributed by atoms with E-state index < -0.39 is 11.4 Å². The highest BCUT2D eigenvalue weighted by Gasteiger charge is 2.28. The zero-order valence-corrected chi connectivity index (χ0v) is 10.4. The van der Waals surface area contributed by atoms with Crippen LogP contribution in [0.3, 0.4) is 0 Å². The number of amides is 1. The number of aliphatic carboxylic acids is 1. The van der Waals surface area contributed by atoms with Gasteiger partial charge in [0.25, 0.3) is 5.91 Å². The predicted molar refractivity (Wildman–Crippen MR) is 61.8 cm³/mol. The van der Waals surface area contributed by atoms with E-state index in [1.807, 2.05) is 0 Å². The summed E-state index contributed by atoms with van der Waals surface area (Å²) in [5.74, 6) is -1.25. The molecule has 0 aliphatic heterocycles. The minimum Gasteiger partial charge on any atom is -0.481 e. The number of nitrogens with one attached hydrogen (secondary N) is 2. The van der Waals surface area contributed by atoms with Gasteiger partial charge >= 0.3 is 5.97 Å². The topological polar surface area (TPSA) is 95.1 Å². The van der Waals surface area contributed by atoms with Gasteiger partial charge in [0, 0.05) is 12.2 Å². The number of carboxylic acid groups (broad SMARTS) is 1. The molecule has 94 valence electrons. The molecule has 0 spiro atoms. The molecule has 1 rings (SSSR count). The number of carbonyl (C=O) groups excluding carboxylic acids is 1. The monoisotopic (exact) mass is 239 g/mol. The second kappa shape index (κ2) is 4.57. The van der Waals surface area contributed by atoms with Gasteiger partial charge in [0.1, 0.15) is 0 Å². The zero-order valence-electron chi connectivity index (χ0n) is 10.4. The number of hydrogen-bond donors (Lipinski definition) is 3. The number of rotatable bonds is 4. The van der Waals surface area contributed by atoms with E-state index in [1.54, 1.807) is 27.7 Å². The molecule has 0 aromatic carbocycles. The fourth-order valence-corrected chi connectivity index (χ4v) is 1.35. The summed E-state index contributed by atoms with van der Waals surface area (Å²) < 4.78 is 0. The molecule has 0 fully saturated rings. The van der Waals surface area contributed by atoms with Gasteiger partial charge in [-0.1, -0.05) is 0 Å². The van der Waals surface area contributed by atoms with Crippen molar-refractivity contribution < 1.29 is 14.7 Å². The van der Waals surface area contributed by atoms with E-state index in [1.165, 1.54) is 0 Å². The maximum atomic E-state index is 11.9. The Morgan fingerprint density at radius 1 is 1.41 bits per heavy atom. The van der Waals surface area contributed by atoms with Crippen LogP contribution < -0.4 is 5.32 Å². The molecule has 1 aromatic rings. The number of aryl methyl sites for hydroxylation is 2. The standard InChI is InChI=1S/C11H17N3O3/c1-6-8(7(2)14-13-6)9(15)12-5-11(3,4)10(16)17/h5H2,1-4H3,(H,12,15)(H,13,14)(H,16,17). The Balaban J connectivity index is 2.72.